The molecule has 16 nitrogen and oxygen atoms in total. The van der Waals surface area contributed by atoms with E-state index in [0.717, 1.165) is 63.9 Å². The van der Waals surface area contributed by atoms with E-state index in [1.807, 2.05) is 21.9 Å². The van der Waals surface area contributed by atoms with Crippen molar-refractivity contribution in [3.05, 3.63) is 148 Å². The van der Waals surface area contributed by atoms with E-state index in [-0.39, 0.29) is 71.8 Å². The normalized spacial score (nSPS) is 21.7. The van der Waals surface area contributed by atoms with Gasteiger partial charge >= 0.3 is 5.97 Å². The number of piperidine rings is 1. The van der Waals surface area contributed by atoms with Crippen molar-refractivity contribution in [1.82, 2.24) is 35.6 Å². The fourth-order valence-corrected chi connectivity index (χ4v) is 15.0. The van der Waals surface area contributed by atoms with Crippen LogP contribution in [0.25, 0.3) is 16.7 Å². The molecule has 1 saturated heterocycles. The van der Waals surface area contributed by atoms with Crippen molar-refractivity contribution in [2.75, 3.05) is 53.9 Å². The molecule has 0 unspecified atom stereocenters. The molecule has 3 aromatic rings. The highest BCUT2D eigenvalue weighted by Gasteiger charge is 2.42. The zero-order valence-electron chi connectivity index (χ0n) is 51.8. The molecule has 0 bridgehead atoms. The second-order valence-electron chi connectivity index (χ2n) is 25.0. The number of nitrogens with one attached hydrogen (secondary N) is 3. The summed E-state index contributed by atoms with van der Waals surface area (Å²) in [6.45, 7) is 9.53. The lowest BCUT2D eigenvalue weighted by Crippen LogP contribution is -2.52. The molecule has 5 aliphatic carbocycles. The van der Waals surface area contributed by atoms with Gasteiger partial charge in [-0.2, -0.15) is 0 Å². The van der Waals surface area contributed by atoms with E-state index in [4.69, 9.17) is 5.11 Å². The third kappa shape index (κ3) is 15.6. The van der Waals surface area contributed by atoms with Gasteiger partial charge in [0.15, 0.2) is 0 Å². The molecule has 4 atom stereocenters. The first-order chi connectivity index (χ1) is 42.1. The lowest BCUT2D eigenvalue weighted by molar-refractivity contribution is -0.141. The van der Waals surface area contributed by atoms with Crippen molar-refractivity contribution >= 4 is 76.4 Å². The molecule has 4 heterocycles. The van der Waals surface area contributed by atoms with Crippen molar-refractivity contribution in [3.63, 3.8) is 0 Å². The second kappa shape index (κ2) is 31.0. The molecular weight excluding hydrogens is 1130 g/mol. The van der Waals surface area contributed by atoms with Crippen LogP contribution in [0.1, 0.15) is 149 Å². The van der Waals surface area contributed by atoms with Gasteiger partial charge in [0, 0.05) is 98.5 Å². The number of rotatable bonds is 11. The molecule has 3 aromatic carbocycles. The highest BCUT2D eigenvalue weighted by atomic mass is 35.5. The highest BCUT2D eigenvalue weighted by Crippen LogP contribution is 2.44. The minimum Gasteiger partial charge on any atom is -0.478 e. The number of halogens is 1. The largest absolute Gasteiger partial charge is 0.478 e. The van der Waals surface area contributed by atoms with Crippen LogP contribution in [0.2, 0.25) is 0 Å². The number of likely N-dealkylation sites (tertiary alicyclic amines) is 1. The number of aliphatic carboxylic acids is 1. The van der Waals surface area contributed by atoms with Gasteiger partial charge in [0.25, 0.3) is 0 Å². The molecule has 0 spiro atoms. The summed E-state index contributed by atoms with van der Waals surface area (Å²) in [6.07, 6.45) is 22.2. The highest BCUT2D eigenvalue weighted by molar-refractivity contribution is 5.95. The molecule has 17 heteroatoms. The van der Waals surface area contributed by atoms with E-state index in [2.05, 4.69) is 89.8 Å². The average molecular weight is 1220 g/mol. The molecule has 0 aromatic heterocycles. The van der Waals surface area contributed by atoms with Gasteiger partial charge in [0.2, 0.25) is 41.4 Å². The summed E-state index contributed by atoms with van der Waals surface area (Å²) in [6, 6.07) is 24.0. The second-order valence-corrected chi connectivity index (χ2v) is 25.0. The van der Waals surface area contributed by atoms with E-state index in [0.29, 0.717) is 83.1 Å². The number of hydrogen-bond donors (Lipinski definition) is 4. The number of carboxylic acids is 1. The Bertz CT molecular complexity index is 3100. The van der Waals surface area contributed by atoms with Crippen LogP contribution in [0.4, 0.5) is 0 Å². The molecule has 0 radical (unpaired) electrons. The molecule has 7 amide bonds. The van der Waals surface area contributed by atoms with E-state index in [1.165, 1.54) is 111 Å². The number of fused-ring (bicyclic) bond motifs is 6. The fourth-order valence-electron chi connectivity index (χ4n) is 15.0. The molecule has 12 rings (SSSR count). The van der Waals surface area contributed by atoms with Crippen LogP contribution in [0.15, 0.2) is 115 Å². The van der Waals surface area contributed by atoms with Gasteiger partial charge in [-0.05, 0) is 148 Å². The number of amides is 7. The van der Waals surface area contributed by atoms with Crippen molar-refractivity contribution in [1.29, 1.82) is 0 Å². The predicted octanol–water partition coefficient (Wildman–Crippen LogP) is 9.46. The Morgan fingerprint density at radius 2 is 0.795 bits per heavy atom. The lowest BCUT2D eigenvalue weighted by Gasteiger charge is -2.38. The van der Waals surface area contributed by atoms with Crippen LogP contribution in [0.5, 0.6) is 0 Å². The molecule has 2 saturated carbocycles. The van der Waals surface area contributed by atoms with Crippen molar-refractivity contribution in [3.8, 4) is 0 Å². The maximum Gasteiger partial charge on any atom is 0.327 e. The van der Waals surface area contributed by atoms with E-state index < -0.39 is 12.0 Å². The minimum atomic E-state index is -0.981. The predicted molar refractivity (Wildman–Crippen MR) is 345 cm³/mol. The number of hydrogen-bond acceptors (Lipinski definition) is 8. The number of carboxylic acid groups (broad SMARTS) is 1. The zero-order valence-corrected chi connectivity index (χ0v) is 52.6. The number of carbonyl (C=O) groups excluding carboxylic acids is 7. The standard InChI is InChI=1S/C24H29N3O3.2C22H28N2O2.C3H4O2.ClH/c1-3-22(28)26-10-6-7-16(14-26)11-23(29)27-15-18-12-17-8-4-5-9-19(17)20(18)13-21(27)24(30)25-2;2*1-23-22(26)20-13-19-17(12-16-9-5-6-10-18(16)19)14-24(20)21(25)11-15-7-3-2-4-8-15;1-2-3(4)5;/h3-5,8-9,16,21H,1,6-7,10-15H2,2H3,(H,25,30);2*5-6,9-10,15,20H,2-4,7-8,11-14H2,1H3,(H,23,26);2H,1H2,(H,4,5);1H/t16-,21-;2*20-;;/m111../s1. The van der Waals surface area contributed by atoms with Crippen LogP contribution < -0.4 is 16.0 Å². The summed E-state index contributed by atoms with van der Waals surface area (Å²) in [5, 5.41) is 15.9. The van der Waals surface area contributed by atoms with Gasteiger partial charge in [-0.15, -0.1) is 12.4 Å². The van der Waals surface area contributed by atoms with E-state index >= 15 is 0 Å². The van der Waals surface area contributed by atoms with Gasteiger partial charge in [-0.25, -0.2) is 4.79 Å². The molecule has 4 aliphatic heterocycles. The molecular formula is C71H90ClN7O9. The van der Waals surface area contributed by atoms with Crippen molar-refractivity contribution in [2.24, 2.45) is 17.8 Å². The van der Waals surface area contributed by atoms with Gasteiger partial charge in [0.1, 0.15) is 18.1 Å². The van der Waals surface area contributed by atoms with Crippen LogP contribution >= 0.6 is 12.4 Å². The summed E-state index contributed by atoms with van der Waals surface area (Å²) >= 11 is 0. The molecule has 4 N–H and O–H groups in total. The first-order valence-electron chi connectivity index (χ1n) is 31.8. The minimum absolute atomic E-state index is 0. The monoisotopic (exact) mass is 1220 g/mol. The third-order valence-corrected chi connectivity index (χ3v) is 19.6. The first kappa shape index (κ1) is 66.4. The maximum absolute atomic E-state index is 13.3. The maximum atomic E-state index is 13.3. The summed E-state index contributed by atoms with van der Waals surface area (Å²) in [4.78, 5) is 106. The summed E-state index contributed by atoms with van der Waals surface area (Å²) < 4.78 is 0. The topological polar surface area (TPSA) is 206 Å². The number of likely N-dealkylation sites (N-methyl/N-ethyl adjacent to an activating group) is 3. The zero-order chi connectivity index (χ0) is 61.7. The van der Waals surface area contributed by atoms with Gasteiger partial charge in [0.05, 0.1) is 0 Å². The fraction of sp³-hybridized carbons (Fsp3) is 0.493. The Morgan fingerprint density at radius 1 is 0.477 bits per heavy atom. The Hall–Kier alpha value is -7.59. The number of benzene rings is 3. The first-order valence-corrected chi connectivity index (χ1v) is 31.8. The lowest BCUT2D eigenvalue weighted by atomic mass is 9.86. The van der Waals surface area contributed by atoms with E-state index in [9.17, 15) is 38.4 Å². The number of carbonyl (C=O) groups is 8. The van der Waals surface area contributed by atoms with Crippen LogP contribution in [0, 0.1) is 17.8 Å². The van der Waals surface area contributed by atoms with E-state index in [1.54, 1.807) is 30.9 Å². The Labute approximate surface area is 525 Å². The number of nitrogens with zero attached hydrogens (tertiary/aromatic N) is 4. The SMILES string of the molecule is C=CC(=O)N1CCC[C@H](CC(=O)N2CC3=C(C[C@@H]2C(=O)NC)c2ccccc2C3)C1.C=CC(=O)O.CNC(=O)[C@H]1CC2=C(Cc3ccccc32)CN1C(=O)CC1CCCCC1.CNC(=O)[C@H]1CC2=C(Cc3ccccc32)CN1C(=O)CC1CCCCC1.Cl. The van der Waals surface area contributed by atoms with Crippen LogP contribution in [0.3, 0.4) is 0 Å². The average Bonchev–Trinajstić information content (AvgIpc) is 1.75. The summed E-state index contributed by atoms with van der Waals surface area (Å²) in [5.41, 5.74) is 15.4. The van der Waals surface area contributed by atoms with Crippen molar-refractivity contribution < 1.29 is 43.5 Å². The third-order valence-electron chi connectivity index (χ3n) is 19.6. The smallest absolute Gasteiger partial charge is 0.327 e. The van der Waals surface area contributed by atoms with Gasteiger partial charge < -0.3 is 40.7 Å². The molecule has 9 aliphatic rings. The van der Waals surface area contributed by atoms with Crippen LogP contribution in [-0.2, 0) is 57.6 Å². The quantitative estimate of drug-likeness (QED) is 0.135. The molecule has 470 valence electrons. The Kier molecular flexibility index (Phi) is 23.4. The molecule has 88 heavy (non-hydrogen) atoms. The van der Waals surface area contributed by atoms with Gasteiger partial charge in [-0.1, -0.05) is 124 Å². The molecule has 3 fully saturated rings. The Balaban J connectivity index is 0.000000164. The van der Waals surface area contributed by atoms with Gasteiger partial charge in [-0.3, -0.25) is 33.6 Å². The summed E-state index contributed by atoms with van der Waals surface area (Å²) in [7, 11) is 4.95. The Morgan fingerprint density at radius 3 is 1.11 bits per heavy atom. The van der Waals surface area contributed by atoms with Crippen molar-refractivity contribution in [2.45, 2.75) is 153 Å². The summed E-state index contributed by atoms with van der Waals surface area (Å²) in [5.74, 6) is 0.177. The van der Waals surface area contributed by atoms with Crippen LogP contribution in [-0.4, -0.2) is 144 Å².